The molecule has 2 N–H and O–H groups in total. The van der Waals surface area contributed by atoms with Gasteiger partial charge in [-0.15, -0.1) is 11.3 Å². The molecule has 114 valence electrons. The highest BCUT2D eigenvalue weighted by Gasteiger charge is 2.37. The number of hydrogen-bond donors (Lipinski definition) is 1. The van der Waals surface area contributed by atoms with Gasteiger partial charge in [0.2, 0.25) is 10.0 Å². The zero-order valence-electron chi connectivity index (χ0n) is 12.3. The Kier molecular flexibility index (Phi) is 4.86. The molecule has 2 rings (SSSR count). The fourth-order valence-corrected chi connectivity index (χ4v) is 6.16. The van der Waals surface area contributed by atoms with Crippen LogP contribution in [-0.4, -0.2) is 50.8 Å². The molecule has 1 aromatic rings. The van der Waals surface area contributed by atoms with Crippen molar-refractivity contribution >= 4 is 21.4 Å². The summed E-state index contributed by atoms with van der Waals surface area (Å²) in [6, 6.07) is 0.0694. The Hall–Kier alpha value is -0.470. The van der Waals surface area contributed by atoms with E-state index in [-0.39, 0.29) is 12.6 Å². The van der Waals surface area contributed by atoms with Crippen LogP contribution in [0.15, 0.2) is 10.3 Å². The summed E-state index contributed by atoms with van der Waals surface area (Å²) in [5, 5.41) is 1.88. The summed E-state index contributed by atoms with van der Waals surface area (Å²) in [4.78, 5) is 3.25. The van der Waals surface area contributed by atoms with Gasteiger partial charge in [0, 0.05) is 30.6 Å². The number of aryl methyl sites for hydroxylation is 1. The van der Waals surface area contributed by atoms with Crippen LogP contribution < -0.4 is 5.73 Å². The minimum Gasteiger partial charge on any atom is -0.326 e. The molecule has 0 radical (unpaired) electrons. The Balaban J connectivity index is 2.36. The maximum Gasteiger partial charge on any atom is 0.244 e. The van der Waals surface area contributed by atoms with Gasteiger partial charge in [-0.25, -0.2) is 8.42 Å². The maximum absolute atomic E-state index is 12.9. The lowest BCUT2D eigenvalue weighted by atomic mass is 10.2. The van der Waals surface area contributed by atoms with E-state index in [1.54, 1.807) is 4.31 Å². The molecule has 2 heterocycles. The highest BCUT2D eigenvalue weighted by molar-refractivity contribution is 7.89. The Morgan fingerprint density at radius 3 is 2.80 bits per heavy atom. The third-order valence-corrected chi connectivity index (χ3v) is 7.08. The lowest BCUT2D eigenvalue weighted by molar-refractivity contribution is 0.291. The highest BCUT2D eigenvalue weighted by Crippen LogP contribution is 2.33. The Morgan fingerprint density at radius 1 is 1.50 bits per heavy atom. The molecule has 0 saturated carbocycles. The molecular formula is C13H23N3O2S2. The lowest BCUT2D eigenvalue weighted by Gasteiger charge is -2.26. The topological polar surface area (TPSA) is 66.6 Å². The first-order valence-corrected chi connectivity index (χ1v) is 9.13. The van der Waals surface area contributed by atoms with E-state index in [4.69, 9.17) is 5.73 Å². The second-order valence-corrected chi connectivity index (χ2v) is 8.34. The SMILES string of the molecule is Cc1csc(CN)c1S(=O)(=O)N1CCCC1CN(C)C. The van der Waals surface area contributed by atoms with Crippen molar-refractivity contribution in [3.63, 3.8) is 0 Å². The summed E-state index contributed by atoms with van der Waals surface area (Å²) in [5.74, 6) is 0. The first kappa shape index (κ1) is 15.9. The van der Waals surface area contributed by atoms with E-state index in [0.29, 0.717) is 11.4 Å². The van der Waals surface area contributed by atoms with Crippen LogP contribution in [0, 0.1) is 6.92 Å². The average molecular weight is 317 g/mol. The van der Waals surface area contributed by atoms with E-state index in [0.717, 1.165) is 29.8 Å². The number of nitrogens with zero attached hydrogens (tertiary/aromatic N) is 2. The molecule has 1 aliphatic rings. The van der Waals surface area contributed by atoms with Crippen molar-refractivity contribution in [2.75, 3.05) is 27.2 Å². The molecule has 1 atom stereocenters. The van der Waals surface area contributed by atoms with Gasteiger partial charge < -0.3 is 10.6 Å². The third-order valence-electron chi connectivity index (χ3n) is 3.64. The Morgan fingerprint density at radius 2 is 2.20 bits per heavy atom. The molecular weight excluding hydrogens is 294 g/mol. The van der Waals surface area contributed by atoms with E-state index in [1.165, 1.54) is 11.3 Å². The number of rotatable bonds is 5. The van der Waals surface area contributed by atoms with Crippen LogP contribution in [0.1, 0.15) is 23.3 Å². The van der Waals surface area contributed by atoms with E-state index < -0.39 is 10.0 Å². The number of thiophene rings is 1. The quantitative estimate of drug-likeness (QED) is 0.887. The second-order valence-electron chi connectivity index (χ2n) is 5.55. The van der Waals surface area contributed by atoms with Crippen molar-refractivity contribution in [1.82, 2.24) is 9.21 Å². The van der Waals surface area contributed by atoms with Crippen LogP contribution in [0.5, 0.6) is 0 Å². The molecule has 0 bridgehead atoms. The monoisotopic (exact) mass is 317 g/mol. The molecule has 1 aliphatic heterocycles. The zero-order valence-corrected chi connectivity index (χ0v) is 13.9. The van der Waals surface area contributed by atoms with Crippen molar-refractivity contribution in [3.8, 4) is 0 Å². The molecule has 1 saturated heterocycles. The van der Waals surface area contributed by atoms with Crippen molar-refractivity contribution < 1.29 is 8.42 Å². The number of hydrogen-bond acceptors (Lipinski definition) is 5. The van der Waals surface area contributed by atoms with Crippen LogP contribution in [-0.2, 0) is 16.6 Å². The summed E-state index contributed by atoms with van der Waals surface area (Å²) in [5.41, 5.74) is 6.51. The minimum atomic E-state index is -3.43. The van der Waals surface area contributed by atoms with Gasteiger partial charge in [0.25, 0.3) is 0 Å². The van der Waals surface area contributed by atoms with Gasteiger partial charge in [-0.2, -0.15) is 4.31 Å². The predicted octanol–water partition coefficient (Wildman–Crippen LogP) is 1.23. The molecule has 1 unspecified atom stereocenters. The van der Waals surface area contributed by atoms with Gasteiger partial charge in [-0.3, -0.25) is 0 Å². The lowest BCUT2D eigenvalue weighted by Crippen LogP contribution is -2.41. The summed E-state index contributed by atoms with van der Waals surface area (Å²) in [7, 11) is 0.526. The maximum atomic E-state index is 12.9. The first-order chi connectivity index (χ1) is 9.37. The summed E-state index contributed by atoms with van der Waals surface area (Å²) in [6.07, 6.45) is 1.86. The smallest absolute Gasteiger partial charge is 0.244 e. The standard InChI is InChI=1S/C13H23N3O2S2/c1-10-9-19-12(7-14)13(10)20(17,18)16-6-4-5-11(16)8-15(2)3/h9,11H,4-8,14H2,1-3H3. The van der Waals surface area contributed by atoms with Crippen LogP contribution in [0.3, 0.4) is 0 Å². The van der Waals surface area contributed by atoms with E-state index in [1.807, 2.05) is 31.3 Å². The number of nitrogens with two attached hydrogens (primary N) is 1. The molecule has 5 nitrogen and oxygen atoms in total. The highest BCUT2D eigenvalue weighted by atomic mass is 32.2. The van der Waals surface area contributed by atoms with Crippen LogP contribution >= 0.6 is 11.3 Å². The number of likely N-dealkylation sites (N-methyl/N-ethyl adjacent to an activating group) is 1. The molecule has 20 heavy (non-hydrogen) atoms. The zero-order chi connectivity index (χ0) is 14.9. The third kappa shape index (κ3) is 2.92. The number of sulfonamides is 1. The predicted molar refractivity (Wildman–Crippen MR) is 82.4 cm³/mol. The molecule has 7 heteroatoms. The van der Waals surface area contributed by atoms with Gasteiger partial charge in [-0.1, -0.05) is 0 Å². The van der Waals surface area contributed by atoms with Crippen molar-refractivity contribution in [1.29, 1.82) is 0 Å². The fourth-order valence-electron chi connectivity index (χ4n) is 2.82. The largest absolute Gasteiger partial charge is 0.326 e. The van der Waals surface area contributed by atoms with Gasteiger partial charge in [0.15, 0.2) is 0 Å². The van der Waals surface area contributed by atoms with Crippen LogP contribution in [0.25, 0.3) is 0 Å². The van der Waals surface area contributed by atoms with Crippen molar-refractivity contribution in [2.45, 2.75) is 37.2 Å². The second kappa shape index (κ2) is 6.11. The van der Waals surface area contributed by atoms with Crippen LogP contribution in [0.4, 0.5) is 0 Å². The van der Waals surface area contributed by atoms with Crippen molar-refractivity contribution in [2.24, 2.45) is 5.73 Å². The molecule has 0 amide bonds. The Labute approximate surface area is 125 Å². The fraction of sp³-hybridized carbons (Fsp3) is 0.692. The summed E-state index contributed by atoms with van der Waals surface area (Å²) in [6.45, 7) is 3.50. The van der Waals surface area contributed by atoms with E-state index in [9.17, 15) is 8.42 Å². The van der Waals surface area contributed by atoms with Gasteiger partial charge in [-0.05, 0) is 44.8 Å². The molecule has 0 spiro atoms. The van der Waals surface area contributed by atoms with E-state index >= 15 is 0 Å². The molecule has 0 aliphatic carbocycles. The average Bonchev–Trinajstić information content (AvgIpc) is 2.95. The molecule has 1 aromatic heterocycles. The van der Waals surface area contributed by atoms with Crippen LogP contribution in [0.2, 0.25) is 0 Å². The summed E-state index contributed by atoms with van der Waals surface area (Å²) >= 11 is 1.44. The molecule has 1 fully saturated rings. The van der Waals surface area contributed by atoms with Crippen molar-refractivity contribution in [3.05, 3.63) is 15.8 Å². The van der Waals surface area contributed by atoms with Gasteiger partial charge in [0.05, 0.1) is 0 Å². The normalized spacial score (nSPS) is 20.9. The Bertz CT molecular complexity index is 566. The minimum absolute atomic E-state index is 0.0694. The molecule has 0 aromatic carbocycles. The van der Waals surface area contributed by atoms with E-state index in [2.05, 4.69) is 0 Å². The van der Waals surface area contributed by atoms with Gasteiger partial charge in [0.1, 0.15) is 4.90 Å². The summed E-state index contributed by atoms with van der Waals surface area (Å²) < 4.78 is 27.6. The first-order valence-electron chi connectivity index (χ1n) is 6.81. The van der Waals surface area contributed by atoms with Gasteiger partial charge >= 0.3 is 0 Å².